The van der Waals surface area contributed by atoms with Crippen LogP contribution in [-0.2, 0) is 18.4 Å². The number of carbonyl (C=O) groups excluding carboxylic acids is 1. The molecule has 220 valence electrons. The molecular weight excluding hydrogens is 566 g/mol. The van der Waals surface area contributed by atoms with Crippen LogP contribution < -0.4 is 15.6 Å². The zero-order valence-electron chi connectivity index (χ0n) is 24.0. The van der Waals surface area contributed by atoms with Crippen molar-refractivity contribution < 1.29 is 13.9 Å². The quantitative estimate of drug-likeness (QED) is 0.214. The van der Waals surface area contributed by atoms with Gasteiger partial charge in [0.15, 0.2) is 0 Å². The number of nitrogens with one attached hydrogen (secondary N) is 1. The second-order valence-corrected chi connectivity index (χ2v) is 11.3. The summed E-state index contributed by atoms with van der Waals surface area (Å²) in [4.78, 5) is 26.7. The molecule has 0 aliphatic heterocycles. The molecule has 2 aromatic heterocycles. The molecule has 2 heterocycles. The van der Waals surface area contributed by atoms with Crippen LogP contribution in [0.3, 0.4) is 0 Å². The molecule has 0 bridgehead atoms. The molecule has 0 saturated heterocycles. The smallest absolute Gasteiger partial charge is 0.295 e. The highest BCUT2D eigenvalue weighted by molar-refractivity contribution is 6.30. The average Bonchev–Trinajstić information content (AvgIpc) is 3.61. The molecule has 0 radical (unpaired) electrons. The fraction of sp³-hybridized carbons (Fsp3) is 0.273. The lowest BCUT2D eigenvalue weighted by atomic mass is 9.81. The summed E-state index contributed by atoms with van der Waals surface area (Å²) in [5.41, 5.74) is 3.09. The molecule has 1 amide bonds. The minimum Gasteiger partial charge on any atom is -0.488 e. The van der Waals surface area contributed by atoms with E-state index in [1.54, 1.807) is 34.6 Å². The summed E-state index contributed by atoms with van der Waals surface area (Å²) in [5, 5.41) is 12.1. The molecule has 1 N–H and O–H groups in total. The fourth-order valence-corrected chi connectivity index (χ4v) is 5.80. The maximum atomic E-state index is 13.4. The number of hydrogen-bond acceptors (Lipinski definition) is 6. The highest BCUT2D eigenvalue weighted by atomic mass is 35.5. The first-order valence-corrected chi connectivity index (χ1v) is 14.7. The Kier molecular flexibility index (Phi) is 8.16. The Morgan fingerprint density at radius 1 is 1.05 bits per heavy atom. The molecule has 10 heteroatoms. The van der Waals surface area contributed by atoms with Crippen molar-refractivity contribution in [3.63, 3.8) is 0 Å². The number of amides is 1. The second kappa shape index (κ2) is 12.3. The Morgan fingerprint density at radius 2 is 1.79 bits per heavy atom. The van der Waals surface area contributed by atoms with E-state index in [0.29, 0.717) is 58.9 Å². The molecule has 2 atom stereocenters. The van der Waals surface area contributed by atoms with E-state index in [9.17, 15) is 9.59 Å². The SMILES string of the molecule is Cc1c(NC(=O)[C@@H]2CCC[C@H](c3nnc(-c4cc(Cl)ccc4OCc4ccccc4)o3)C2)c(=O)n(-c2ccccc2)n1C. The van der Waals surface area contributed by atoms with Gasteiger partial charge < -0.3 is 14.5 Å². The van der Waals surface area contributed by atoms with Gasteiger partial charge in [0.05, 0.1) is 16.9 Å². The van der Waals surface area contributed by atoms with E-state index >= 15 is 0 Å². The Labute approximate surface area is 254 Å². The number of para-hydroxylation sites is 1. The van der Waals surface area contributed by atoms with Crippen LogP contribution in [0.4, 0.5) is 5.69 Å². The molecule has 1 fully saturated rings. The van der Waals surface area contributed by atoms with E-state index in [4.69, 9.17) is 20.8 Å². The normalized spacial score (nSPS) is 16.6. The molecule has 9 nitrogen and oxygen atoms in total. The average molecular weight is 598 g/mol. The van der Waals surface area contributed by atoms with Crippen LogP contribution >= 0.6 is 11.6 Å². The van der Waals surface area contributed by atoms with Crippen molar-refractivity contribution in [2.75, 3.05) is 5.32 Å². The molecule has 3 aromatic carbocycles. The van der Waals surface area contributed by atoms with Gasteiger partial charge >= 0.3 is 0 Å². The van der Waals surface area contributed by atoms with Gasteiger partial charge in [-0.15, -0.1) is 10.2 Å². The maximum absolute atomic E-state index is 13.4. The molecular formula is C33H32ClN5O4. The topological polar surface area (TPSA) is 104 Å². The predicted octanol–water partition coefficient (Wildman–Crippen LogP) is 6.68. The van der Waals surface area contributed by atoms with Crippen molar-refractivity contribution in [2.45, 2.75) is 45.1 Å². The number of rotatable bonds is 8. The third kappa shape index (κ3) is 5.99. The van der Waals surface area contributed by atoms with Crippen LogP contribution in [0.2, 0.25) is 5.02 Å². The van der Waals surface area contributed by atoms with Crippen molar-refractivity contribution in [1.29, 1.82) is 0 Å². The van der Waals surface area contributed by atoms with Gasteiger partial charge in [-0.05, 0) is 62.1 Å². The van der Waals surface area contributed by atoms with Crippen LogP contribution in [0.25, 0.3) is 17.1 Å². The fourth-order valence-electron chi connectivity index (χ4n) is 5.63. The number of aromatic nitrogens is 4. The monoisotopic (exact) mass is 597 g/mol. The molecule has 6 rings (SSSR count). The zero-order chi connectivity index (χ0) is 29.9. The van der Waals surface area contributed by atoms with Gasteiger partial charge in [-0.3, -0.25) is 14.3 Å². The van der Waals surface area contributed by atoms with Crippen molar-refractivity contribution in [1.82, 2.24) is 19.6 Å². The lowest BCUT2D eigenvalue weighted by Crippen LogP contribution is -2.30. The predicted molar refractivity (Wildman–Crippen MR) is 165 cm³/mol. The highest BCUT2D eigenvalue weighted by Gasteiger charge is 2.32. The minimum absolute atomic E-state index is 0.0866. The Bertz CT molecular complexity index is 1800. The Hall–Kier alpha value is -4.63. The van der Waals surface area contributed by atoms with Gasteiger partial charge in [0.2, 0.25) is 11.8 Å². The van der Waals surface area contributed by atoms with Gasteiger partial charge in [0.25, 0.3) is 11.4 Å². The Balaban J connectivity index is 1.17. The number of anilines is 1. The van der Waals surface area contributed by atoms with E-state index in [0.717, 1.165) is 24.1 Å². The van der Waals surface area contributed by atoms with E-state index < -0.39 is 0 Å². The first kappa shape index (κ1) is 28.5. The first-order chi connectivity index (χ1) is 20.9. The van der Waals surface area contributed by atoms with Crippen LogP contribution in [-0.4, -0.2) is 25.5 Å². The number of halogens is 1. The summed E-state index contributed by atoms with van der Waals surface area (Å²) < 4.78 is 15.6. The van der Waals surface area contributed by atoms with E-state index in [2.05, 4.69) is 15.5 Å². The molecule has 5 aromatic rings. The minimum atomic E-state index is -0.297. The van der Waals surface area contributed by atoms with Crippen LogP contribution in [0.1, 0.15) is 48.7 Å². The van der Waals surface area contributed by atoms with Crippen LogP contribution in [0, 0.1) is 12.8 Å². The maximum Gasteiger partial charge on any atom is 0.295 e. The summed E-state index contributed by atoms with van der Waals surface area (Å²) in [5.74, 6) is 0.814. The molecule has 0 unspecified atom stereocenters. The summed E-state index contributed by atoms with van der Waals surface area (Å²) in [6, 6.07) is 24.5. The number of ether oxygens (including phenoxy) is 1. The summed E-state index contributed by atoms with van der Waals surface area (Å²) in [7, 11) is 1.81. The zero-order valence-corrected chi connectivity index (χ0v) is 24.8. The van der Waals surface area contributed by atoms with Gasteiger partial charge in [0, 0.05) is 23.9 Å². The standard InChI is InChI=1S/C33H32ClN5O4/c1-21-29(33(41)39(38(21)2)26-14-7-4-8-15-26)35-30(40)23-12-9-13-24(18-23)31-36-37-32(43-31)27-19-25(34)16-17-28(27)42-20-22-10-5-3-6-11-22/h3-8,10-11,14-17,19,23-24H,9,12-13,18,20H2,1-2H3,(H,35,40)/t23-,24+/m1/s1. The molecule has 43 heavy (non-hydrogen) atoms. The third-order valence-corrected chi connectivity index (χ3v) is 8.28. The van der Waals surface area contributed by atoms with E-state index in [1.807, 2.05) is 67.6 Å². The van der Waals surface area contributed by atoms with Crippen LogP contribution in [0.15, 0.2) is 88.1 Å². The number of benzene rings is 3. The van der Waals surface area contributed by atoms with Gasteiger partial charge in [-0.25, -0.2) is 4.68 Å². The first-order valence-electron chi connectivity index (χ1n) is 14.3. The lowest BCUT2D eigenvalue weighted by molar-refractivity contribution is -0.121. The summed E-state index contributed by atoms with van der Waals surface area (Å²) >= 11 is 6.31. The van der Waals surface area contributed by atoms with Crippen molar-refractivity contribution in [2.24, 2.45) is 13.0 Å². The third-order valence-electron chi connectivity index (χ3n) is 8.05. The van der Waals surface area contributed by atoms with Crippen LogP contribution in [0.5, 0.6) is 5.75 Å². The molecule has 1 saturated carbocycles. The van der Waals surface area contributed by atoms with Crippen molar-refractivity contribution >= 4 is 23.2 Å². The van der Waals surface area contributed by atoms with E-state index in [-0.39, 0.29) is 23.3 Å². The van der Waals surface area contributed by atoms with Crippen molar-refractivity contribution in [3.8, 4) is 22.9 Å². The van der Waals surface area contributed by atoms with Gasteiger partial charge in [-0.1, -0.05) is 66.6 Å². The van der Waals surface area contributed by atoms with Gasteiger partial charge in [0.1, 0.15) is 18.0 Å². The summed E-state index contributed by atoms with van der Waals surface area (Å²) in [6.45, 7) is 2.21. The number of carbonyl (C=O) groups is 1. The molecule has 1 aliphatic rings. The van der Waals surface area contributed by atoms with Crippen molar-refractivity contribution in [3.05, 3.63) is 111 Å². The van der Waals surface area contributed by atoms with Gasteiger partial charge in [-0.2, -0.15) is 0 Å². The second-order valence-electron chi connectivity index (χ2n) is 10.8. The number of nitrogens with zero attached hydrogens (tertiary/aromatic N) is 4. The highest BCUT2D eigenvalue weighted by Crippen LogP contribution is 2.39. The van der Waals surface area contributed by atoms with E-state index in [1.165, 1.54) is 0 Å². The number of hydrogen-bond donors (Lipinski definition) is 1. The largest absolute Gasteiger partial charge is 0.488 e. The summed E-state index contributed by atoms with van der Waals surface area (Å²) in [6.07, 6.45) is 2.90. The molecule has 0 spiro atoms. The Morgan fingerprint density at radius 3 is 2.56 bits per heavy atom. The lowest BCUT2D eigenvalue weighted by Gasteiger charge is -2.26. The molecule has 1 aliphatic carbocycles.